The van der Waals surface area contributed by atoms with Crippen LogP contribution in [0.25, 0.3) is 0 Å². The number of hydrogen-bond acceptors (Lipinski definition) is 2. The molecule has 1 aliphatic rings. The lowest BCUT2D eigenvalue weighted by Gasteiger charge is -2.17. The SMILES string of the molecule is CC(=O)N[C@@H]1CCN(C(=O)NCCCc2ccccc2Cl)C1. The fraction of sp³-hybridized carbons (Fsp3) is 0.500. The van der Waals surface area contributed by atoms with Gasteiger partial charge in [0.15, 0.2) is 0 Å². The average Bonchev–Trinajstić information content (AvgIpc) is 2.93. The molecule has 1 aromatic carbocycles. The Kier molecular flexibility index (Phi) is 6.07. The molecule has 1 aliphatic heterocycles. The summed E-state index contributed by atoms with van der Waals surface area (Å²) in [6, 6.07) is 7.77. The largest absolute Gasteiger partial charge is 0.352 e. The van der Waals surface area contributed by atoms with E-state index in [1.807, 2.05) is 24.3 Å². The number of nitrogens with zero attached hydrogens (tertiary/aromatic N) is 1. The van der Waals surface area contributed by atoms with Crippen LogP contribution in [0.15, 0.2) is 24.3 Å². The van der Waals surface area contributed by atoms with E-state index in [0.717, 1.165) is 29.8 Å². The van der Waals surface area contributed by atoms with E-state index in [0.29, 0.717) is 19.6 Å². The van der Waals surface area contributed by atoms with Crippen molar-refractivity contribution in [1.82, 2.24) is 15.5 Å². The number of benzene rings is 1. The van der Waals surface area contributed by atoms with Gasteiger partial charge in [0.05, 0.1) is 0 Å². The summed E-state index contributed by atoms with van der Waals surface area (Å²) in [5, 5.41) is 6.54. The van der Waals surface area contributed by atoms with E-state index < -0.39 is 0 Å². The molecule has 2 N–H and O–H groups in total. The summed E-state index contributed by atoms with van der Waals surface area (Å²) in [4.78, 5) is 24.8. The number of amides is 3. The van der Waals surface area contributed by atoms with Crippen LogP contribution in [0.3, 0.4) is 0 Å². The topological polar surface area (TPSA) is 61.4 Å². The van der Waals surface area contributed by atoms with Gasteiger partial charge >= 0.3 is 6.03 Å². The minimum atomic E-state index is -0.0630. The van der Waals surface area contributed by atoms with Gasteiger partial charge in [0.25, 0.3) is 0 Å². The normalized spacial score (nSPS) is 17.4. The van der Waals surface area contributed by atoms with Crippen molar-refractivity contribution in [3.63, 3.8) is 0 Å². The summed E-state index contributed by atoms with van der Waals surface area (Å²) in [6.45, 7) is 3.38. The second-order valence-electron chi connectivity index (χ2n) is 5.56. The molecule has 120 valence electrons. The van der Waals surface area contributed by atoms with Crippen LogP contribution in [0.4, 0.5) is 4.79 Å². The first-order valence-electron chi connectivity index (χ1n) is 7.59. The highest BCUT2D eigenvalue weighted by Gasteiger charge is 2.26. The second kappa shape index (κ2) is 8.03. The molecular weight excluding hydrogens is 302 g/mol. The van der Waals surface area contributed by atoms with Crippen LogP contribution < -0.4 is 10.6 Å². The van der Waals surface area contributed by atoms with Gasteiger partial charge in [-0.3, -0.25) is 4.79 Å². The summed E-state index contributed by atoms with van der Waals surface area (Å²) in [7, 11) is 0. The van der Waals surface area contributed by atoms with E-state index in [1.165, 1.54) is 6.92 Å². The predicted octanol–water partition coefficient (Wildman–Crippen LogP) is 2.19. The minimum Gasteiger partial charge on any atom is -0.352 e. The van der Waals surface area contributed by atoms with Gasteiger partial charge in [0.2, 0.25) is 5.91 Å². The number of nitrogens with one attached hydrogen (secondary N) is 2. The maximum atomic E-state index is 12.0. The van der Waals surface area contributed by atoms with E-state index >= 15 is 0 Å². The molecule has 3 amide bonds. The monoisotopic (exact) mass is 323 g/mol. The van der Waals surface area contributed by atoms with Crippen LogP contribution in [0, 0.1) is 0 Å². The maximum Gasteiger partial charge on any atom is 0.317 e. The van der Waals surface area contributed by atoms with Gasteiger partial charge in [-0.25, -0.2) is 4.79 Å². The minimum absolute atomic E-state index is 0.0491. The Morgan fingerprint density at radius 2 is 2.14 bits per heavy atom. The van der Waals surface area contributed by atoms with Crippen molar-refractivity contribution in [2.24, 2.45) is 0 Å². The van der Waals surface area contributed by atoms with Crippen molar-refractivity contribution in [3.05, 3.63) is 34.9 Å². The molecule has 2 rings (SSSR count). The third-order valence-corrected chi connectivity index (χ3v) is 4.11. The van der Waals surface area contributed by atoms with Crippen LogP contribution in [0.1, 0.15) is 25.3 Å². The summed E-state index contributed by atoms with van der Waals surface area (Å²) in [5.74, 6) is -0.0491. The molecule has 1 atom stereocenters. The lowest BCUT2D eigenvalue weighted by molar-refractivity contribution is -0.119. The highest BCUT2D eigenvalue weighted by molar-refractivity contribution is 6.31. The Balaban J connectivity index is 1.66. The molecule has 1 aromatic rings. The number of carbonyl (C=O) groups is 2. The van der Waals surface area contributed by atoms with Gasteiger partial charge in [-0.2, -0.15) is 0 Å². The Bertz CT molecular complexity index is 536. The van der Waals surface area contributed by atoms with Crippen molar-refractivity contribution in [1.29, 1.82) is 0 Å². The van der Waals surface area contributed by atoms with Crippen LogP contribution >= 0.6 is 11.6 Å². The second-order valence-corrected chi connectivity index (χ2v) is 5.97. The number of urea groups is 1. The Hall–Kier alpha value is -1.75. The third-order valence-electron chi connectivity index (χ3n) is 3.74. The number of likely N-dealkylation sites (tertiary alicyclic amines) is 1. The van der Waals surface area contributed by atoms with Crippen LogP contribution in [-0.4, -0.2) is 42.5 Å². The van der Waals surface area contributed by atoms with Crippen LogP contribution in [-0.2, 0) is 11.2 Å². The predicted molar refractivity (Wildman–Crippen MR) is 87.0 cm³/mol. The van der Waals surface area contributed by atoms with Crippen LogP contribution in [0.2, 0.25) is 5.02 Å². The standard InChI is InChI=1S/C16H22ClN3O2/c1-12(21)19-14-8-10-20(11-14)16(22)18-9-4-6-13-5-2-3-7-15(13)17/h2-3,5,7,14H,4,6,8-11H2,1H3,(H,18,22)(H,19,21)/t14-/m1/s1. The molecule has 0 aliphatic carbocycles. The lowest BCUT2D eigenvalue weighted by atomic mass is 10.1. The van der Waals surface area contributed by atoms with Gasteiger partial charge in [0.1, 0.15) is 0 Å². The molecule has 5 nitrogen and oxygen atoms in total. The smallest absolute Gasteiger partial charge is 0.317 e. The number of aryl methyl sites for hydroxylation is 1. The molecule has 0 spiro atoms. The van der Waals surface area contributed by atoms with Gasteiger partial charge in [0, 0.05) is 37.6 Å². The zero-order valence-electron chi connectivity index (χ0n) is 12.8. The first kappa shape index (κ1) is 16.6. The molecule has 0 aromatic heterocycles. The Labute approximate surface area is 136 Å². The average molecular weight is 324 g/mol. The quantitative estimate of drug-likeness (QED) is 0.816. The van der Waals surface area contributed by atoms with Crippen molar-refractivity contribution >= 4 is 23.5 Å². The molecule has 22 heavy (non-hydrogen) atoms. The third kappa shape index (κ3) is 4.91. The molecular formula is C16H22ClN3O2. The molecule has 0 saturated carbocycles. The fourth-order valence-corrected chi connectivity index (χ4v) is 2.87. The number of rotatable bonds is 5. The number of carbonyl (C=O) groups excluding carboxylic acids is 2. The highest BCUT2D eigenvalue weighted by atomic mass is 35.5. The Morgan fingerprint density at radius 1 is 1.36 bits per heavy atom. The summed E-state index contributed by atoms with van der Waals surface area (Å²) >= 11 is 6.10. The molecule has 0 unspecified atom stereocenters. The van der Waals surface area contributed by atoms with E-state index in [1.54, 1.807) is 4.90 Å². The highest BCUT2D eigenvalue weighted by Crippen LogP contribution is 2.16. The van der Waals surface area contributed by atoms with Gasteiger partial charge in [-0.15, -0.1) is 0 Å². The molecule has 1 heterocycles. The molecule has 6 heteroatoms. The first-order chi connectivity index (χ1) is 10.6. The lowest BCUT2D eigenvalue weighted by Crippen LogP contribution is -2.42. The number of hydrogen-bond donors (Lipinski definition) is 2. The fourth-order valence-electron chi connectivity index (χ4n) is 2.64. The van der Waals surface area contributed by atoms with Crippen molar-refractivity contribution in [2.45, 2.75) is 32.2 Å². The van der Waals surface area contributed by atoms with Crippen molar-refractivity contribution in [3.8, 4) is 0 Å². The zero-order valence-corrected chi connectivity index (χ0v) is 13.5. The van der Waals surface area contributed by atoms with E-state index in [-0.39, 0.29) is 18.0 Å². The summed E-state index contributed by atoms with van der Waals surface area (Å²) < 4.78 is 0. The van der Waals surface area contributed by atoms with Crippen molar-refractivity contribution in [2.75, 3.05) is 19.6 Å². The molecule has 1 fully saturated rings. The van der Waals surface area contributed by atoms with E-state index in [2.05, 4.69) is 10.6 Å². The first-order valence-corrected chi connectivity index (χ1v) is 7.97. The molecule has 0 radical (unpaired) electrons. The van der Waals surface area contributed by atoms with Gasteiger partial charge < -0.3 is 15.5 Å². The number of halogens is 1. The molecule has 1 saturated heterocycles. The Morgan fingerprint density at radius 3 is 2.86 bits per heavy atom. The van der Waals surface area contributed by atoms with Gasteiger partial charge in [-0.1, -0.05) is 29.8 Å². The summed E-state index contributed by atoms with van der Waals surface area (Å²) in [5.41, 5.74) is 1.10. The van der Waals surface area contributed by atoms with Gasteiger partial charge in [-0.05, 0) is 30.9 Å². The summed E-state index contributed by atoms with van der Waals surface area (Å²) in [6.07, 6.45) is 2.50. The zero-order chi connectivity index (χ0) is 15.9. The molecule has 0 bridgehead atoms. The van der Waals surface area contributed by atoms with Crippen molar-refractivity contribution < 1.29 is 9.59 Å². The van der Waals surface area contributed by atoms with E-state index in [4.69, 9.17) is 11.6 Å². The van der Waals surface area contributed by atoms with E-state index in [9.17, 15) is 9.59 Å². The maximum absolute atomic E-state index is 12.0. The van der Waals surface area contributed by atoms with Crippen LogP contribution in [0.5, 0.6) is 0 Å².